The lowest BCUT2D eigenvalue weighted by Gasteiger charge is -2.44. The summed E-state index contributed by atoms with van der Waals surface area (Å²) in [5.74, 6) is 2.42. The Bertz CT molecular complexity index is 1060. The van der Waals surface area contributed by atoms with Gasteiger partial charge >= 0.3 is 0 Å². The minimum Gasteiger partial charge on any atom is -0.352 e. The average molecular weight is 452 g/mol. The highest BCUT2D eigenvalue weighted by Crippen LogP contribution is 2.32. The monoisotopic (exact) mass is 451 g/mol. The molecule has 0 bridgehead atoms. The highest BCUT2D eigenvalue weighted by atomic mass is 32.2. The summed E-state index contributed by atoms with van der Waals surface area (Å²) < 4.78 is 52.9. The zero-order chi connectivity index (χ0) is 22.2. The lowest BCUT2D eigenvalue weighted by molar-refractivity contribution is -0.138. The predicted molar refractivity (Wildman–Crippen MR) is 115 cm³/mol. The fraction of sp³-hybridized carbons (Fsp3) is 0.409. The van der Waals surface area contributed by atoms with Crippen LogP contribution < -0.4 is 4.90 Å². The summed E-state index contributed by atoms with van der Waals surface area (Å²) in [6.07, 6.45) is 2.13. The van der Waals surface area contributed by atoms with Gasteiger partial charge in [-0.25, -0.2) is 18.2 Å². The quantitative estimate of drug-likeness (QED) is 0.674. The summed E-state index contributed by atoms with van der Waals surface area (Å²) in [6, 6.07) is 6.00. The summed E-state index contributed by atoms with van der Waals surface area (Å²) in [5.41, 5.74) is 0.482. The van der Waals surface area contributed by atoms with E-state index in [4.69, 9.17) is 0 Å². The molecule has 2 fully saturated rings. The zero-order valence-electron chi connectivity index (χ0n) is 17.0. The van der Waals surface area contributed by atoms with Crippen LogP contribution in [0.4, 0.5) is 19.0 Å². The Labute approximate surface area is 179 Å². The molecule has 9 heteroatoms. The predicted octanol–water partition coefficient (Wildman–Crippen LogP) is 3.02. The third-order valence-corrected chi connectivity index (χ3v) is 8.01. The van der Waals surface area contributed by atoms with Crippen molar-refractivity contribution in [2.45, 2.75) is 18.9 Å². The fourth-order valence-electron chi connectivity index (χ4n) is 4.26. The fourth-order valence-corrected chi connectivity index (χ4v) is 5.89. The van der Waals surface area contributed by atoms with Crippen molar-refractivity contribution in [1.82, 2.24) is 9.88 Å². The van der Waals surface area contributed by atoms with E-state index in [0.717, 1.165) is 18.3 Å². The van der Waals surface area contributed by atoms with Crippen LogP contribution >= 0.6 is 0 Å². The molecule has 1 amide bonds. The standard InChI is InChI=1S/C22H24F3N3O2S/c1-31(30)10-6-15(7-11-31)22(29)28-9-8-27(21-5-3-17(23)13-26-21)14-20(28)16-2-4-18(24)19(25)12-16/h2-5,12-13,15,20H,1,6-11,14H2. The molecule has 1 aromatic heterocycles. The molecule has 0 aliphatic carbocycles. The number of carbonyl (C=O) groups is 1. The molecular weight excluding hydrogens is 427 g/mol. The minimum absolute atomic E-state index is 0.0728. The second kappa shape index (κ2) is 8.53. The van der Waals surface area contributed by atoms with Crippen molar-refractivity contribution in [2.75, 3.05) is 36.0 Å². The van der Waals surface area contributed by atoms with Gasteiger partial charge in [0, 0.05) is 37.1 Å². The summed E-state index contributed by atoms with van der Waals surface area (Å²) in [5, 5.41) is 0. The molecule has 2 aliphatic heterocycles. The molecule has 2 aliphatic rings. The molecule has 3 heterocycles. The molecule has 5 nitrogen and oxygen atoms in total. The Hall–Kier alpha value is -2.55. The number of anilines is 1. The number of aromatic nitrogens is 1. The van der Waals surface area contributed by atoms with Gasteiger partial charge in [-0.3, -0.25) is 9.00 Å². The van der Waals surface area contributed by atoms with E-state index in [1.807, 2.05) is 4.90 Å². The van der Waals surface area contributed by atoms with Crippen LogP contribution in [-0.2, 0) is 14.3 Å². The molecule has 0 radical (unpaired) electrons. The number of benzene rings is 1. The molecule has 166 valence electrons. The first-order valence-corrected chi connectivity index (χ1v) is 12.2. The molecule has 0 saturated carbocycles. The number of carbonyl (C=O) groups excluding carboxylic acids is 1. The second-order valence-corrected chi connectivity index (χ2v) is 10.9. The maximum absolute atomic E-state index is 14.0. The van der Waals surface area contributed by atoms with Gasteiger partial charge in [-0.05, 0) is 58.1 Å². The summed E-state index contributed by atoms with van der Waals surface area (Å²) >= 11 is 0. The molecule has 0 spiro atoms. The smallest absolute Gasteiger partial charge is 0.226 e. The van der Waals surface area contributed by atoms with E-state index >= 15 is 0 Å². The van der Waals surface area contributed by atoms with E-state index in [1.165, 1.54) is 12.1 Å². The van der Waals surface area contributed by atoms with E-state index in [2.05, 4.69) is 10.9 Å². The SMILES string of the molecule is C=S1(=O)CCC(C(=O)N2CCN(c3ccc(F)cn3)CC2c2ccc(F)c(F)c2)CC1. The van der Waals surface area contributed by atoms with Gasteiger partial charge in [0.05, 0.1) is 12.2 Å². The van der Waals surface area contributed by atoms with Crippen LogP contribution in [-0.4, -0.2) is 57.0 Å². The Kier molecular flexibility index (Phi) is 5.96. The highest BCUT2D eigenvalue weighted by Gasteiger charge is 2.37. The Morgan fingerprint density at radius 3 is 2.45 bits per heavy atom. The van der Waals surface area contributed by atoms with Crippen LogP contribution in [0.1, 0.15) is 24.4 Å². The van der Waals surface area contributed by atoms with Gasteiger partial charge in [0.25, 0.3) is 0 Å². The lowest BCUT2D eigenvalue weighted by atomic mass is 9.96. The van der Waals surface area contributed by atoms with Crippen LogP contribution in [0.5, 0.6) is 0 Å². The van der Waals surface area contributed by atoms with Crippen molar-refractivity contribution >= 4 is 27.1 Å². The van der Waals surface area contributed by atoms with E-state index in [1.54, 1.807) is 11.0 Å². The molecule has 2 aromatic rings. The van der Waals surface area contributed by atoms with Crippen LogP contribution in [0.15, 0.2) is 36.5 Å². The largest absolute Gasteiger partial charge is 0.352 e. The molecule has 4 rings (SSSR count). The number of nitrogens with zero attached hydrogens (tertiary/aromatic N) is 3. The van der Waals surface area contributed by atoms with Crippen molar-refractivity contribution in [3.05, 3.63) is 59.5 Å². The Balaban J connectivity index is 1.61. The lowest BCUT2D eigenvalue weighted by Crippen LogP contribution is -2.53. The van der Waals surface area contributed by atoms with E-state index in [-0.39, 0.29) is 11.8 Å². The third kappa shape index (κ3) is 4.71. The molecule has 1 aromatic carbocycles. The van der Waals surface area contributed by atoms with Crippen LogP contribution in [0.3, 0.4) is 0 Å². The highest BCUT2D eigenvalue weighted by molar-refractivity contribution is 8.00. The van der Waals surface area contributed by atoms with E-state index < -0.39 is 33.0 Å². The van der Waals surface area contributed by atoms with Gasteiger partial charge in [0.15, 0.2) is 11.6 Å². The van der Waals surface area contributed by atoms with Crippen LogP contribution in [0.25, 0.3) is 0 Å². The summed E-state index contributed by atoms with van der Waals surface area (Å²) in [7, 11) is -2.11. The number of hydrogen-bond acceptors (Lipinski definition) is 4. The second-order valence-electron chi connectivity index (χ2n) is 8.15. The number of pyridine rings is 1. The van der Waals surface area contributed by atoms with Crippen molar-refractivity contribution in [2.24, 2.45) is 5.92 Å². The van der Waals surface area contributed by atoms with Crippen LogP contribution in [0.2, 0.25) is 0 Å². The maximum atomic E-state index is 14.0. The van der Waals surface area contributed by atoms with Gasteiger partial charge in [0.1, 0.15) is 11.6 Å². The minimum atomic E-state index is -2.11. The van der Waals surface area contributed by atoms with Crippen LogP contribution in [0, 0.1) is 23.4 Å². The number of piperazine rings is 1. The maximum Gasteiger partial charge on any atom is 0.226 e. The van der Waals surface area contributed by atoms with Gasteiger partial charge in [-0.15, -0.1) is 0 Å². The number of halogens is 3. The van der Waals surface area contributed by atoms with E-state index in [0.29, 0.717) is 55.4 Å². The van der Waals surface area contributed by atoms with Crippen molar-refractivity contribution in [3.8, 4) is 0 Å². The number of hydrogen-bond donors (Lipinski definition) is 0. The molecule has 2 saturated heterocycles. The van der Waals surface area contributed by atoms with Crippen molar-refractivity contribution in [1.29, 1.82) is 0 Å². The summed E-state index contributed by atoms with van der Waals surface area (Å²) in [4.78, 5) is 21.1. The van der Waals surface area contributed by atoms with Gasteiger partial charge in [-0.2, -0.15) is 0 Å². The van der Waals surface area contributed by atoms with E-state index in [9.17, 15) is 22.2 Å². The molecule has 1 atom stereocenters. The third-order valence-electron chi connectivity index (χ3n) is 6.05. The first kappa shape index (κ1) is 21.7. The normalized spacial score (nSPS) is 26.7. The van der Waals surface area contributed by atoms with Crippen molar-refractivity contribution in [3.63, 3.8) is 0 Å². The van der Waals surface area contributed by atoms with Gasteiger partial charge in [-0.1, -0.05) is 6.07 Å². The zero-order valence-corrected chi connectivity index (χ0v) is 17.8. The molecule has 1 unspecified atom stereocenters. The van der Waals surface area contributed by atoms with Gasteiger partial charge in [0.2, 0.25) is 5.91 Å². The average Bonchev–Trinajstić information content (AvgIpc) is 2.75. The van der Waals surface area contributed by atoms with Crippen molar-refractivity contribution < 1.29 is 22.2 Å². The summed E-state index contributed by atoms with van der Waals surface area (Å²) in [6.45, 7) is 1.15. The first-order valence-electron chi connectivity index (χ1n) is 10.2. The number of rotatable bonds is 3. The molecule has 31 heavy (non-hydrogen) atoms. The Morgan fingerprint density at radius 1 is 1.06 bits per heavy atom. The molecule has 0 N–H and O–H groups in total. The first-order chi connectivity index (χ1) is 14.7. The number of amides is 1. The Morgan fingerprint density at radius 2 is 1.81 bits per heavy atom. The molecular formula is C22H24F3N3O2S. The topological polar surface area (TPSA) is 53.5 Å². The van der Waals surface area contributed by atoms with Gasteiger partial charge < -0.3 is 9.80 Å².